The highest BCUT2D eigenvalue weighted by Crippen LogP contribution is 2.33. The van der Waals surface area contributed by atoms with Crippen molar-refractivity contribution in [3.63, 3.8) is 0 Å². The molecule has 0 saturated carbocycles. The van der Waals surface area contributed by atoms with Gasteiger partial charge in [-0.25, -0.2) is 0 Å². The lowest BCUT2D eigenvalue weighted by Crippen LogP contribution is -2.01. The van der Waals surface area contributed by atoms with Gasteiger partial charge in [0.15, 0.2) is 5.43 Å². The van der Waals surface area contributed by atoms with Crippen molar-refractivity contribution in [3.8, 4) is 11.1 Å². The molecule has 0 unspecified atom stereocenters. The third-order valence-corrected chi connectivity index (χ3v) is 4.91. The lowest BCUT2D eigenvalue weighted by atomic mass is 10.0. The Morgan fingerprint density at radius 1 is 0.667 bits per heavy atom. The van der Waals surface area contributed by atoms with Crippen LogP contribution < -0.4 is 5.43 Å². The predicted octanol–water partition coefficient (Wildman–Crippen LogP) is 5.08. The molecule has 1 heterocycles. The van der Waals surface area contributed by atoms with Gasteiger partial charge in [-0.2, -0.15) is 0 Å². The monoisotopic (exact) mass is 288 g/mol. The van der Waals surface area contributed by atoms with Gasteiger partial charge in [0, 0.05) is 20.2 Å². The van der Waals surface area contributed by atoms with Gasteiger partial charge in [0.2, 0.25) is 0 Å². The molecule has 0 radical (unpaired) electrons. The summed E-state index contributed by atoms with van der Waals surface area (Å²) in [6.45, 7) is 0. The van der Waals surface area contributed by atoms with Crippen LogP contribution in [0.1, 0.15) is 0 Å². The molecule has 3 aromatic carbocycles. The molecule has 21 heavy (non-hydrogen) atoms. The molecule has 0 aliphatic rings. The van der Waals surface area contributed by atoms with E-state index >= 15 is 0 Å². The number of fused-ring (bicyclic) bond motifs is 2. The molecule has 0 bridgehead atoms. The highest BCUT2D eigenvalue weighted by molar-refractivity contribution is 7.25. The van der Waals surface area contributed by atoms with Crippen LogP contribution in [0.4, 0.5) is 0 Å². The van der Waals surface area contributed by atoms with E-state index in [0.29, 0.717) is 0 Å². The minimum atomic E-state index is 0.122. The van der Waals surface area contributed by atoms with Crippen molar-refractivity contribution in [2.45, 2.75) is 0 Å². The SMILES string of the molecule is O=c1c2ccccc2sc2c(-c3ccccc3)cccc12. The van der Waals surface area contributed by atoms with Crippen LogP contribution in [0, 0.1) is 0 Å². The summed E-state index contributed by atoms with van der Waals surface area (Å²) >= 11 is 1.69. The van der Waals surface area contributed by atoms with E-state index in [-0.39, 0.29) is 5.43 Å². The van der Waals surface area contributed by atoms with Gasteiger partial charge in [-0.15, -0.1) is 11.3 Å². The third kappa shape index (κ3) is 1.96. The zero-order valence-electron chi connectivity index (χ0n) is 11.2. The van der Waals surface area contributed by atoms with Crippen LogP contribution >= 0.6 is 11.3 Å². The van der Waals surface area contributed by atoms with Crippen molar-refractivity contribution in [3.05, 3.63) is 83.0 Å². The maximum atomic E-state index is 12.7. The summed E-state index contributed by atoms with van der Waals surface area (Å²) in [4.78, 5) is 12.7. The molecule has 0 aliphatic carbocycles. The fourth-order valence-corrected chi connectivity index (χ4v) is 3.87. The Bertz CT molecular complexity index is 1000. The van der Waals surface area contributed by atoms with Crippen molar-refractivity contribution >= 4 is 31.5 Å². The molecule has 0 saturated heterocycles. The van der Waals surface area contributed by atoms with Crippen molar-refractivity contribution in [2.75, 3.05) is 0 Å². The third-order valence-electron chi connectivity index (χ3n) is 3.69. The van der Waals surface area contributed by atoms with Gasteiger partial charge in [-0.05, 0) is 29.3 Å². The largest absolute Gasteiger partial charge is 0.289 e. The van der Waals surface area contributed by atoms with Crippen molar-refractivity contribution in [1.82, 2.24) is 0 Å². The van der Waals surface area contributed by atoms with Crippen LogP contribution in [-0.4, -0.2) is 0 Å². The molecule has 1 nitrogen and oxygen atoms in total. The number of hydrogen-bond acceptors (Lipinski definition) is 2. The minimum absolute atomic E-state index is 0.122. The zero-order valence-corrected chi connectivity index (χ0v) is 12.1. The van der Waals surface area contributed by atoms with Gasteiger partial charge >= 0.3 is 0 Å². The summed E-state index contributed by atoms with van der Waals surface area (Å²) < 4.78 is 2.10. The Kier molecular flexibility index (Phi) is 2.83. The Labute approximate surface area is 126 Å². The number of hydrogen-bond donors (Lipinski definition) is 0. The van der Waals surface area contributed by atoms with Gasteiger partial charge in [0.25, 0.3) is 0 Å². The van der Waals surface area contributed by atoms with Crippen LogP contribution in [-0.2, 0) is 0 Å². The van der Waals surface area contributed by atoms with Crippen LogP contribution in [0.25, 0.3) is 31.3 Å². The highest BCUT2D eigenvalue weighted by atomic mass is 32.1. The van der Waals surface area contributed by atoms with Crippen LogP contribution in [0.15, 0.2) is 77.6 Å². The molecule has 2 heteroatoms. The minimum Gasteiger partial charge on any atom is -0.289 e. The van der Waals surface area contributed by atoms with Gasteiger partial charge in [-0.3, -0.25) is 4.79 Å². The summed E-state index contributed by atoms with van der Waals surface area (Å²) in [7, 11) is 0. The average Bonchev–Trinajstić information content (AvgIpc) is 2.56. The van der Waals surface area contributed by atoms with Crippen molar-refractivity contribution in [2.24, 2.45) is 0 Å². The van der Waals surface area contributed by atoms with E-state index in [1.807, 2.05) is 54.6 Å². The second kappa shape index (κ2) is 4.83. The fraction of sp³-hybridized carbons (Fsp3) is 0. The first-order valence-corrected chi connectivity index (χ1v) is 7.66. The van der Waals surface area contributed by atoms with Crippen molar-refractivity contribution < 1.29 is 0 Å². The quantitative estimate of drug-likeness (QED) is 0.446. The van der Waals surface area contributed by atoms with E-state index in [4.69, 9.17) is 0 Å². The Morgan fingerprint density at radius 2 is 1.38 bits per heavy atom. The van der Waals surface area contributed by atoms with E-state index < -0.39 is 0 Å². The molecule has 4 rings (SSSR count). The predicted molar refractivity (Wildman–Crippen MR) is 91.0 cm³/mol. The molecule has 0 fully saturated rings. The molecule has 100 valence electrons. The summed E-state index contributed by atoms with van der Waals surface area (Å²) in [5.41, 5.74) is 2.40. The van der Waals surface area contributed by atoms with Crippen LogP contribution in [0.3, 0.4) is 0 Å². The molecule has 0 N–H and O–H groups in total. The first-order chi connectivity index (χ1) is 10.3. The van der Waals surface area contributed by atoms with E-state index in [9.17, 15) is 4.79 Å². The van der Waals surface area contributed by atoms with Crippen molar-refractivity contribution in [1.29, 1.82) is 0 Å². The van der Waals surface area contributed by atoms with E-state index in [2.05, 4.69) is 18.2 Å². The summed E-state index contributed by atoms with van der Waals surface area (Å²) in [6.07, 6.45) is 0. The first-order valence-electron chi connectivity index (χ1n) is 6.84. The molecule has 0 amide bonds. The molecule has 1 aromatic heterocycles. The molecule has 0 aliphatic heterocycles. The summed E-state index contributed by atoms with van der Waals surface area (Å²) in [5.74, 6) is 0. The van der Waals surface area contributed by atoms with Crippen LogP contribution in [0.2, 0.25) is 0 Å². The second-order valence-corrected chi connectivity index (χ2v) is 6.03. The van der Waals surface area contributed by atoms with E-state index in [0.717, 1.165) is 31.3 Å². The number of benzene rings is 3. The van der Waals surface area contributed by atoms with Gasteiger partial charge in [-0.1, -0.05) is 54.6 Å². The summed E-state index contributed by atoms with van der Waals surface area (Å²) in [5, 5.41) is 1.61. The fourth-order valence-electron chi connectivity index (χ4n) is 2.67. The molecule has 0 spiro atoms. The Hall–Kier alpha value is -2.45. The van der Waals surface area contributed by atoms with Gasteiger partial charge in [0.05, 0.1) is 0 Å². The average molecular weight is 288 g/mol. The Balaban J connectivity index is 2.18. The van der Waals surface area contributed by atoms with E-state index in [1.165, 1.54) is 0 Å². The highest BCUT2D eigenvalue weighted by Gasteiger charge is 2.09. The maximum Gasteiger partial charge on any atom is 0.195 e. The van der Waals surface area contributed by atoms with Gasteiger partial charge < -0.3 is 0 Å². The maximum absolute atomic E-state index is 12.7. The lowest BCUT2D eigenvalue weighted by Gasteiger charge is -2.07. The van der Waals surface area contributed by atoms with E-state index in [1.54, 1.807) is 11.3 Å². The molecule has 0 atom stereocenters. The first kappa shape index (κ1) is 12.3. The molecular weight excluding hydrogens is 276 g/mol. The van der Waals surface area contributed by atoms with Gasteiger partial charge in [0.1, 0.15) is 0 Å². The molecule has 4 aromatic rings. The topological polar surface area (TPSA) is 17.1 Å². The lowest BCUT2D eigenvalue weighted by molar-refractivity contribution is 1.66. The number of rotatable bonds is 1. The standard InChI is InChI=1S/C19H12OS/c20-18-15-9-4-5-12-17(15)21-19-14(10-6-11-16(18)19)13-7-2-1-3-8-13/h1-12H. The normalized spacial score (nSPS) is 11.0. The second-order valence-electron chi connectivity index (χ2n) is 4.98. The van der Waals surface area contributed by atoms with Crippen LogP contribution in [0.5, 0.6) is 0 Å². The summed E-state index contributed by atoms with van der Waals surface area (Å²) in [6, 6.07) is 24.0. The Morgan fingerprint density at radius 3 is 2.24 bits per heavy atom. The molecular formula is C19H12OS. The zero-order chi connectivity index (χ0) is 14.2. The smallest absolute Gasteiger partial charge is 0.195 e.